The van der Waals surface area contributed by atoms with Crippen LogP contribution in [0, 0.1) is 0 Å². The first-order chi connectivity index (χ1) is 14.5. The molecule has 30 heavy (non-hydrogen) atoms. The summed E-state index contributed by atoms with van der Waals surface area (Å²) in [6.45, 7) is 0. The van der Waals surface area contributed by atoms with E-state index in [-0.39, 0.29) is 5.56 Å². The van der Waals surface area contributed by atoms with E-state index in [1.54, 1.807) is 31.3 Å². The zero-order chi connectivity index (χ0) is 20.8. The van der Waals surface area contributed by atoms with Gasteiger partial charge in [0.05, 0.1) is 27.2 Å². The normalized spacial score (nSPS) is 11.6. The van der Waals surface area contributed by atoms with Crippen molar-refractivity contribution in [1.29, 1.82) is 0 Å². The van der Waals surface area contributed by atoms with E-state index in [1.807, 2.05) is 22.6 Å². The Morgan fingerprint density at radius 3 is 2.73 bits per heavy atom. The zero-order valence-electron chi connectivity index (χ0n) is 15.4. The van der Waals surface area contributed by atoms with Gasteiger partial charge in [0, 0.05) is 12.1 Å². The van der Waals surface area contributed by atoms with Crippen molar-refractivity contribution in [1.82, 2.24) is 29.4 Å². The molecule has 0 spiro atoms. The number of nitrogens with zero attached hydrogens (tertiary/aromatic N) is 6. The lowest BCUT2D eigenvalue weighted by Crippen LogP contribution is -2.20. The maximum absolute atomic E-state index is 12.5. The van der Waals surface area contributed by atoms with Crippen molar-refractivity contribution in [2.45, 2.75) is 10.9 Å². The van der Waals surface area contributed by atoms with E-state index in [2.05, 4.69) is 20.4 Å². The largest absolute Gasteiger partial charge is 0.420 e. The van der Waals surface area contributed by atoms with Crippen LogP contribution in [0.3, 0.4) is 0 Å². The number of hydrogen-bond donors (Lipinski definition) is 0. The number of hydrogen-bond acceptors (Lipinski definition) is 7. The quantitative estimate of drug-likeness (QED) is 0.372. The van der Waals surface area contributed by atoms with Gasteiger partial charge in [-0.05, 0) is 30.3 Å². The van der Waals surface area contributed by atoms with Gasteiger partial charge in [-0.1, -0.05) is 47.1 Å². The summed E-state index contributed by atoms with van der Waals surface area (Å²) in [7, 11) is 1.67. The van der Waals surface area contributed by atoms with Crippen molar-refractivity contribution in [2.75, 3.05) is 0 Å². The lowest BCUT2D eigenvalue weighted by Gasteiger charge is -2.06. The SMILES string of the molecule is Cn1c(=O)c2ccccc2n2c(SCc3nnc(-c4ccc(Cl)cc4Cl)o3)nnc12. The van der Waals surface area contributed by atoms with Gasteiger partial charge in [-0.3, -0.25) is 13.8 Å². The third-order valence-electron chi connectivity index (χ3n) is 4.55. The molecule has 11 heteroatoms. The number of benzene rings is 2. The number of aryl methyl sites for hydroxylation is 1. The van der Waals surface area contributed by atoms with Crippen molar-refractivity contribution in [2.24, 2.45) is 7.05 Å². The molecule has 0 aliphatic carbocycles. The Morgan fingerprint density at radius 2 is 1.90 bits per heavy atom. The molecule has 0 atom stereocenters. The van der Waals surface area contributed by atoms with Crippen molar-refractivity contribution >= 4 is 51.6 Å². The molecule has 0 radical (unpaired) electrons. The zero-order valence-corrected chi connectivity index (χ0v) is 17.7. The Balaban J connectivity index is 1.48. The Kier molecular flexibility index (Phi) is 4.73. The summed E-state index contributed by atoms with van der Waals surface area (Å²) < 4.78 is 9.07. The fraction of sp³-hybridized carbons (Fsp3) is 0.105. The van der Waals surface area contributed by atoms with Crippen LogP contribution >= 0.6 is 35.0 Å². The second kappa shape index (κ2) is 7.42. The van der Waals surface area contributed by atoms with E-state index >= 15 is 0 Å². The number of para-hydroxylation sites is 1. The van der Waals surface area contributed by atoms with Crippen LogP contribution in [-0.2, 0) is 12.8 Å². The van der Waals surface area contributed by atoms with E-state index in [0.717, 1.165) is 5.52 Å². The van der Waals surface area contributed by atoms with Gasteiger partial charge in [-0.15, -0.1) is 20.4 Å². The molecule has 8 nitrogen and oxygen atoms in total. The molecule has 150 valence electrons. The fourth-order valence-corrected chi connectivity index (χ4v) is 4.38. The maximum atomic E-state index is 12.5. The van der Waals surface area contributed by atoms with Crippen molar-refractivity contribution in [3.63, 3.8) is 0 Å². The monoisotopic (exact) mass is 458 g/mol. The van der Waals surface area contributed by atoms with Gasteiger partial charge >= 0.3 is 0 Å². The van der Waals surface area contributed by atoms with Crippen LogP contribution in [0.5, 0.6) is 0 Å². The van der Waals surface area contributed by atoms with Crippen LogP contribution in [0.1, 0.15) is 5.89 Å². The van der Waals surface area contributed by atoms with E-state index in [9.17, 15) is 4.79 Å². The molecule has 2 aromatic carbocycles. The molecule has 0 fully saturated rings. The summed E-state index contributed by atoms with van der Waals surface area (Å²) in [5.74, 6) is 1.55. The summed E-state index contributed by atoms with van der Waals surface area (Å²) in [5.41, 5.74) is 1.23. The van der Waals surface area contributed by atoms with Gasteiger partial charge < -0.3 is 4.42 Å². The molecule has 0 unspecified atom stereocenters. The average Bonchev–Trinajstić information content (AvgIpc) is 3.38. The number of thioether (sulfide) groups is 1. The van der Waals surface area contributed by atoms with Gasteiger partial charge in [-0.2, -0.15) is 0 Å². The minimum absolute atomic E-state index is 0.122. The third-order valence-corrected chi connectivity index (χ3v) is 6.01. The van der Waals surface area contributed by atoms with Crippen LogP contribution in [0.4, 0.5) is 0 Å². The Labute approximate surface area is 183 Å². The van der Waals surface area contributed by atoms with Crippen molar-refractivity contribution in [3.05, 3.63) is 68.8 Å². The van der Waals surface area contributed by atoms with Gasteiger partial charge in [0.15, 0.2) is 5.16 Å². The van der Waals surface area contributed by atoms with Gasteiger partial charge in [-0.25, -0.2) is 0 Å². The first kappa shape index (κ1) is 19.1. The molecule has 0 aliphatic heterocycles. The Hall–Kier alpha value is -2.88. The predicted octanol–water partition coefficient (Wildman–Crippen LogP) is 4.23. The molecular weight excluding hydrogens is 447 g/mol. The molecule has 0 amide bonds. The molecule has 3 heterocycles. The maximum Gasteiger partial charge on any atom is 0.262 e. The van der Waals surface area contributed by atoms with E-state index in [1.165, 1.54) is 16.3 Å². The lowest BCUT2D eigenvalue weighted by molar-refractivity contribution is 0.528. The minimum atomic E-state index is -0.122. The minimum Gasteiger partial charge on any atom is -0.420 e. The Bertz CT molecular complexity index is 1480. The van der Waals surface area contributed by atoms with Crippen LogP contribution in [-0.4, -0.2) is 29.4 Å². The summed E-state index contributed by atoms with van der Waals surface area (Å²) in [6, 6.07) is 12.4. The second-order valence-electron chi connectivity index (χ2n) is 6.41. The summed E-state index contributed by atoms with van der Waals surface area (Å²) in [6.07, 6.45) is 0. The van der Waals surface area contributed by atoms with Crippen LogP contribution in [0.25, 0.3) is 28.1 Å². The molecule has 0 bridgehead atoms. The molecule has 5 aromatic rings. The highest BCUT2D eigenvalue weighted by Gasteiger charge is 2.17. The molecule has 0 saturated heterocycles. The number of aromatic nitrogens is 6. The number of rotatable bonds is 4. The van der Waals surface area contributed by atoms with Crippen molar-refractivity contribution < 1.29 is 4.42 Å². The highest BCUT2D eigenvalue weighted by atomic mass is 35.5. The first-order valence-corrected chi connectivity index (χ1v) is 10.5. The first-order valence-electron chi connectivity index (χ1n) is 8.76. The molecule has 0 aliphatic rings. The third kappa shape index (κ3) is 3.15. The fourth-order valence-electron chi connectivity index (χ4n) is 3.11. The van der Waals surface area contributed by atoms with Crippen LogP contribution in [0.2, 0.25) is 10.0 Å². The topological polar surface area (TPSA) is 91.1 Å². The smallest absolute Gasteiger partial charge is 0.262 e. The number of fused-ring (bicyclic) bond motifs is 3. The van der Waals surface area contributed by atoms with Crippen molar-refractivity contribution in [3.8, 4) is 11.5 Å². The van der Waals surface area contributed by atoms with E-state index < -0.39 is 0 Å². The summed E-state index contributed by atoms with van der Waals surface area (Å²) >= 11 is 13.5. The van der Waals surface area contributed by atoms with E-state index in [0.29, 0.717) is 49.5 Å². The van der Waals surface area contributed by atoms with Gasteiger partial charge in [0.2, 0.25) is 17.6 Å². The highest BCUT2D eigenvalue weighted by Crippen LogP contribution is 2.30. The molecule has 0 N–H and O–H groups in total. The van der Waals surface area contributed by atoms with Crippen LogP contribution in [0.15, 0.2) is 56.8 Å². The predicted molar refractivity (Wildman–Crippen MR) is 115 cm³/mol. The molecule has 3 aromatic heterocycles. The van der Waals surface area contributed by atoms with Gasteiger partial charge in [0.1, 0.15) is 0 Å². The number of halogens is 2. The van der Waals surface area contributed by atoms with Crippen LogP contribution < -0.4 is 5.56 Å². The summed E-state index contributed by atoms with van der Waals surface area (Å²) in [4.78, 5) is 12.5. The molecular formula is C19H12Cl2N6O2S. The van der Waals surface area contributed by atoms with Gasteiger partial charge in [0.25, 0.3) is 5.56 Å². The highest BCUT2D eigenvalue weighted by molar-refractivity contribution is 7.98. The standard InChI is InChI=1S/C19H12Cl2N6O2S/c1-26-17(28)12-4-2-3-5-14(12)27-18(26)24-25-19(27)30-9-15-22-23-16(29-15)11-7-6-10(20)8-13(11)21/h2-8H,9H2,1H3. The lowest BCUT2D eigenvalue weighted by atomic mass is 10.2. The second-order valence-corrected chi connectivity index (χ2v) is 8.20. The Morgan fingerprint density at radius 1 is 1.07 bits per heavy atom. The van der Waals surface area contributed by atoms with E-state index in [4.69, 9.17) is 27.6 Å². The summed E-state index contributed by atoms with van der Waals surface area (Å²) in [5, 5.41) is 18.7. The molecule has 0 saturated carbocycles. The molecule has 5 rings (SSSR count). The average molecular weight is 459 g/mol.